The van der Waals surface area contributed by atoms with Crippen molar-refractivity contribution in [1.82, 2.24) is 15.2 Å². The first kappa shape index (κ1) is 22.4. The molecule has 1 aromatic carbocycles. The molecule has 1 aromatic heterocycles. The number of nitrogens with one attached hydrogen (secondary N) is 1. The summed E-state index contributed by atoms with van der Waals surface area (Å²) < 4.78 is 0. The minimum atomic E-state index is -0.695. The van der Waals surface area contributed by atoms with Crippen molar-refractivity contribution in [2.45, 2.75) is 57.9 Å². The van der Waals surface area contributed by atoms with Gasteiger partial charge in [-0.3, -0.25) is 9.59 Å². The number of piperidine rings is 1. The molecule has 0 unspecified atom stereocenters. The van der Waals surface area contributed by atoms with Crippen LogP contribution in [0.4, 0.5) is 17.5 Å². The lowest BCUT2D eigenvalue weighted by atomic mass is 9.97. The van der Waals surface area contributed by atoms with Gasteiger partial charge in [0.25, 0.3) is 5.91 Å². The van der Waals surface area contributed by atoms with E-state index in [0.717, 1.165) is 31.5 Å². The lowest BCUT2D eigenvalue weighted by molar-refractivity contribution is -0.114. The summed E-state index contributed by atoms with van der Waals surface area (Å²) in [4.78, 5) is 30.3. The Morgan fingerprint density at radius 1 is 1.26 bits per heavy atom. The quantitative estimate of drug-likeness (QED) is 0.592. The summed E-state index contributed by atoms with van der Waals surface area (Å²) >= 11 is 0. The van der Waals surface area contributed by atoms with Gasteiger partial charge in [-0.05, 0) is 55.4 Å². The van der Waals surface area contributed by atoms with Gasteiger partial charge in [-0.15, -0.1) is 10.2 Å². The molecule has 164 valence electrons. The smallest absolute Gasteiger partial charge is 0.273 e. The summed E-state index contributed by atoms with van der Waals surface area (Å²) in [5.74, 6) is 0.468. The van der Waals surface area contributed by atoms with E-state index >= 15 is 0 Å². The maximum Gasteiger partial charge on any atom is 0.273 e. The molecule has 3 rings (SSSR count). The van der Waals surface area contributed by atoms with E-state index in [1.165, 1.54) is 11.6 Å². The number of ketones is 1. The van der Waals surface area contributed by atoms with Crippen LogP contribution >= 0.6 is 0 Å². The number of aromatic nitrogens is 3. The number of anilines is 3. The number of allylic oxidation sites excluding steroid dienone is 1. The van der Waals surface area contributed by atoms with Crippen LogP contribution in [0, 0.1) is 0 Å². The molecule has 1 atom stereocenters. The fourth-order valence-electron chi connectivity index (χ4n) is 3.76. The zero-order valence-corrected chi connectivity index (χ0v) is 18.2. The fourth-order valence-corrected chi connectivity index (χ4v) is 3.76. The average Bonchev–Trinajstić information content (AvgIpc) is 2.77. The third kappa shape index (κ3) is 5.65. The molecule has 0 aliphatic carbocycles. The number of nitrogens with zero attached hydrogens (tertiary/aromatic N) is 4. The van der Waals surface area contributed by atoms with Crippen molar-refractivity contribution >= 4 is 29.1 Å². The maximum atomic E-state index is 11.9. The van der Waals surface area contributed by atoms with Crippen LogP contribution in [0.2, 0.25) is 0 Å². The second-order valence-electron chi connectivity index (χ2n) is 8.13. The molecule has 0 bridgehead atoms. The highest BCUT2D eigenvalue weighted by Gasteiger charge is 2.27. The SMILES string of the molecule is C=CC(=O)CC[C@H]1CCCCN1c1nnc(C(N)=O)c(Nc2ccc(C(C)C)cc2)n1. The van der Waals surface area contributed by atoms with Gasteiger partial charge in [-0.2, -0.15) is 4.98 Å². The molecule has 1 fully saturated rings. The Morgan fingerprint density at radius 3 is 2.65 bits per heavy atom. The molecule has 0 spiro atoms. The van der Waals surface area contributed by atoms with Crippen molar-refractivity contribution < 1.29 is 9.59 Å². The molecular weight excluding hydrogens is 392 g/mol. The molecule has 0 saturated carbocycles. The predicted molar refractivity (Wildman–Crippen MR) is 122 cm³/mol. The Kier molecular flexibility index (Phi) is 7.33. The molecule has 1 saturated heterocycles. The Balaban J connectivity index is 1.86. The number of hydrogen-bond acceptors (Lipinski definition) is 7. The molecule has 2 aromatic rings. The van der Waals surface area contributed by atoms with E-state index < -0.39 is 5.91 Å². The summed E-state index contributed by atoms with van der Waals surface area (Å²) in [5, 5.41) is 11.4. The van der Waals surface area contributed by atoms with Gasteiger partial charge in [0.2, 0.25) is 5.95 Å². The van der Waals surface area contributed by atoms with Gasteiger partial charge in [-0.25, -0.2) is 0 Å². The number of rotatable bonds is 9. The van der Waals surface area contributed by atoms with E-state index in [2.05, 4.69) is 45.8 Å². The minimum absolute atomic E-state index is 0.00733. The number of carbonyl (C=O) groups excluding carboxylic acids is 2. The number of primary amides is 1. The van der Waals surface area contributed by atoms with Gasteiger partial charge >= 0.3 is 0 Å². The summed E-state index contributed by atoms with van der Waals surface area (Å²) in [6.45, 7) is 8.58. The summed E-state index contributed by atoms with van der Waals surface area (Å²) in [5.41, 5.74) is 7.49. The highest BCUT2D eigenvalue weighted by molar-refractivity contribution is 5.96. The Morgan fingerprint density at radius 2 is 2.00 bits per heavy atom. The van der Waals surface area contributed by atoms with Crippen molar-refractivity contribution in [2.75, 3.05) is 16.8 Å². The van der Waals surface area contributed by atoms with Crippen LogP contribution in [0.25, 0.3) is 0 Å². The molecule has 2 heterocycles. The Labute approximate surface area is 183 Å². The largest absolute Gasteiger partial charge is 0.364 e. The van der Waals surface area contributed by atoms with E-state index in [-0.39, 0.29) is 23.3 Å². The summed E-state index contributed by atoms with van der Waals surface area (Å²) in [7, 11) is 0. The lowest BCUT2D eigenvalue weighted by Crippen LogP contribution is -2.41. The third-order valence-electron chi connectivity index (χ3n) is 5.58. The topological polar surface area (TPSA) is 114 Å². The second kappa shape index (κ2) is 10.1. The number of benzene rings is 1. The van der Waals surface area contributed by atoms with Gasteiger partial charge in [-0.1, -0.05) is 32.6 Å². The van der Waals surface area contributed by atoms with E-state index in [1.54, 1.807) is 0 Å². The van der Waals surface area contributed by atoms with Crippen LogP contribution in [-0.2, 0) is 4.79 Å². The first-order valence-corrected chi connectivity index (χ1v) is 10.7. The van der Waals surface area contributed by atoms with Gasteiger partial charge in [0.05, 0.1) is 0 Å². The normalized spacial score (nSPS) is 16.2. The van der Waals surface area contributed by atoms with Gasteiger partial charge in [0, 0.05) is 24.7 Å². The van der Waals surface area contributed by atoms with Gasteiger partial charge < -0.3 is 16.0 Å². The van der Waals surface area contributed by atoms with E-state index in [9.17, 15) is 9.59 Å². The van der Waals surface area contributed by atoms with Crippen LogP contribution < -0.4 is 16.0 Å². The Bertz CT molecular complexity index is 942. The molecule has 8 nitrogen and oxygen atoms in total. The molecule has 1 aliphatic heterocycles. The molecule has 31 heavy (non-hydrogen) atoms. The maximum absolute atomic E-state index is 11.9. The highest BCUT2D eigenvalue weighted by atomic mass is 16.1. The molecule has 1 aliphatic rings. The van der Waals surface area contributed by atoms with Crippen LogP contribution in [0.5, 0.6) is 0 Å². The summed E-state index contributed by atoms with van der Waals surface area (Å²) in [6.07, 6.45) is 5.54. The zero-order chi connectivity index (χ0) is 22.4. The second-order valence-corrected chi connectivity index (χ2v) is 8.13. The Hall–Kier alpha value is -3.29. The third-order valence-corrected chi connectivity index (χ3v) is 5.58. The summed E-state index contributed by atoms with van der Waals surface area (Å²) in [6, 6.07) is 8.07. The van der Waals surface area contributed by atoms with Gasteiger partial charge in [0.15, 0.2) is 17.3 Å². The van der Waals surface area contributed by atoms with Crippen molar-refractivity contribution in [3.63, 3.8) is 0 Å². The van der Waals surface area contributed by atoms with Crippen molar-refractivity contribution in [3.05, 3.63) is 48.2 Å². The van der Waals surface area contributed by atoms with Crippen LogP contribution in [0.1, 0.15) is 67.9 Å². The fraction of sp³-hybridized carbons (Fsp3) is 0.435. The van der Waals surface area contributed by atoms with Gasteiger partial charge in [0.1, 0.15) is 0 Å². The lowest BCUT2D eigenvalue weighted by Gasteiger charge is -2.35. The van der Waals surface area contributed by atoms with Crippen molar-refractivity contribution in [1.29, 1.82) is 0 Å². The van der Waals surface area contributed by atoms with Crippen LogP contribution in [0.3, 0.4) is 0 Å². The first-order valence-electron chi connectivity index (χ1n) is 10.7. The van der Waals surface area contributed by atoms with Crippen LogP contribution in [0.15, 0.2) is 36.9 Å². The molecule has 0 radical (unpaired) electrons. The van der Waals surface area contributed by atoms with E-state index in [1.807, 2.05) is 24.3 Å². The molecule has 3 N–H and O–H groups in total. The van der Waals surface area contributed by atoms with E-state index in [0.29, 0.717) is 24.7 Å². The molecule has 1 amide bonds. The number of hydrogen-bond donors (Lipinski definition) is 2. The average molecular weight is 423 g/mol. The molecular formula is C23H30N6O2. The number of carbonyl (C=O) groups is 2. The van der Waals surface area contributed by atoms with E-state index in [4.69, 9.17) is 5.73 Å². The monoisotopic (exact) mass is 422 g/mol. The molecule has 8 heteroatoms. The number of amides is 1. The first-order chi connectivity index (χ1) is 14.9. The standard InChI is InChI=1S/C23H30N6O2/c1-4-19(30)13-12-18-7-5-6-14-29(18)23-26-22(20(21(24)31)27-28-23)25-17-10-8-16(9-11-17)15(2)3/h4,8-11,15,18H,1,5-7,12-14H2,2-3H3,(H2,24,31)(H,25,26,28)/t18-/m1/s1. The van der Waals surface area contributed by atoms with Crippen molar-refractivity contribution in [2.24, 2.45) is 5.73 Å². The minimum Gasteiger partial charge on any atom is -0.364 e. The highest BCUT2D eigenvalue weighted by Crippen LogP contribution is 2.27. The number of nitrogens with two attached hydrogens (primary N) is 1. The van der Waals surface area contributed by atoms with Crippen molar-refractivity contribution in [3.8, 4) is 0 Å². The predicted octanol–water partition coefficient (Wildman–Crippen LogP) is 3.73. The van der Waals surface area contributed by atoms with Crippen LogP contribution in [-0.4, -0.2) is 39.5 Å². The zero-order valence-electron chi connectivity index (χ0n) is 18.2.